The van der Waals surface area contributed by atoms with Gasteiger partial charge in [-0.05, 0) is 141 Å². The average Bonchev–Trinajstić information content (AvgIpc) is 3.75. The van der Waals surface area contributed by atoms with E-state index in [0.717, 1.165) is 99.6 Å². The van der Waals surface area contributed by atoms with E-state index >= 15 is 0 Å². The molecule has 0 radical (unpaired) electrons. The summed E-state index contributed by atoms with van der Waals surface area (Å²) in [5, 5.41) is 41.8. The van der Waals surface area contributed by atoms with Crippen LogP contribution in [-0.2, 0) is 16.1 Å². The predicted molar refractivity (Wildman–Crippen MR) is 204 cm³/mol. The zero-order valence-electron chi connectivity index (χ0n) is 31.4. The Hall–Kier alpha value is -2.79. The second-order valence-electron chi connectivity index (χ2n) is 17.1. The summed E-state index contributed by atoms with van der Waals surface area (Å²) in [5.74, 6) is 1.74. The number of rotatable bonds is 13. The largest absolute Gasteiger partial charge is 0.469 e. The number of carbonyl (C=O) groups excluding carboxylic acids is 1. The molecule has 52 heavy (non-hydrogen) atoms. The molecule has 0 bridgehead atoms. The van der Waals surface area contributed by atoms with Crippen LogP contribution < -0.4 is 10.6 Å². The first-order chi connectivity index (χ1) is 25.0. The van der Waals surface area contributed by atoms with Gasteiger partial charge in [0.25, 0.3) is 0 Å². The zero-order valence-corrected chi connectivity index (χ0v) is 32.2. The zero-order chi connectivity index (χ0) is 36.6. The number of carbonyl (C=O) groups is 1. The van der Waals surface area contributed by atoms with Gasteiger partial charge in [0.05, 0.1) is 42.8 Å². The molecule has 11 atom stereocenters. The number of hydrogen-bond acceptors (Lipinski definition) is 9. The molecule has 2 aromatic heterocycles. The standard InChI is InChI=1S/C41H59ClN6O4/c1-25(7-12-38(51)52-4)31-10-11-32-39-33(22-37(50)41(31,32)3)40(2)15-13-29(19-26(40)20-36(39)49)48-24-28(46-47-48)23-43-16-5-6-17-44-34-14-18-45-35-21-27(42)8-9-30(34)35/h8-9,14,18,21,24-26,29,31-33,36-37,39,43,49-50H,5-7,10-13,15-17,19-20,22-23H2,1-4H3,(H,44,45)/t25-,26+,29+,31-,32?,33?,36-,37+,39?,40+,41-/m1/s1. The van der Waals surface area contributed by atoms with Crippen molar-refractivity contribution in [3.63, 3.8) is 0 Å². The lowest BCUT2D eigenvalue weighted by Gasteiger charge is -2.63. The normalized spacial score (nSPS) is 34.7. The molecule has 4 aliphatic rings. The number of pyridine rings is 1. The van der Waals surface area contributed by atoms with Crippen molar-refractivity contribution in [1.82, 2.24) is 25.3 Å². The van der Waals surface area contributed by atoms with E-state index < -0.39 is 6.10 Å². The number of fused-ring (bicyclic) bond motifs is 6. The Bertz CT molecular complexity index is 1700. The van der Waals surface area contributed by atoms with Crippen LogP contribution >= 0.6 is 11.6 Å². The maximum atomic E-state index is 12.0. The van der Waals surface area contributed by atoms with Crippen molar-refractivity contribution in [3.05, 3.63) is 47.4 Å². The van der Waals surface area contributed by atoms with Gasteiger partial charge >= 0.3 is 5.97 Å². The number of aliphatic hydroxyl groups excluding tert-OH is 2. The summed E-state index contributed by atoms with van der Waals surface area (Å²) in [5.41, 5.74) is 2.80. The average molecular weight is 735 g/mol. The first-order valence-corrected chi connectivity index (χ1v) is 20.2. The second-order valence-corrected chi connectivity index (χ2v) is 17.6. The van der Waals surface area contributed by atoms with Gasteiger partial charge in [-0.15, -0.1) is 5.10 Å². The molecule has 4 aliphatic carbocycles. The number of hydrogen-bond donors (Lipinski definition) is 4. The fourth-order valence-electron chi connectivity index (χ4n) is 11.7. The molecule has 4 saturated carbocycles. The third kappa shape index (κ3) is 7.09. The summed E-state index contributed by atoms with van der Waals surface area (Å²) < 4.78 is 6.99. The second kappa shape index (κ2) is 15.5. The highest BCUT2D eigenvalue weighted by molar-refractivity contribution is 6.31. The SMILES string of the molecule is COC(=O)CC[C@@H](C)[C@H]1CCC2C3C(C[C@H](O)[C@@]21C)[C@@]1(C)CC[C@H](n2cc(CNCCCCNc4ccnc5cc(Cl)ccc45)nn2)C[C@H]1C[C@H]3O. The topological polar surface area (TPSA) is 134 Å². The van der Waals surface area contributed by atoms with Crippen LogP contribution in [0.4, 0.5) is 5.69 Å². The number of nitrogens with zero attached hydrogens (tertiary/aromatic N) is 4. The van der Waals surface area contributed by atoms with Crippen molar-refractivity contribution in [2.24, 2.45) is 46.3 Å². The van der Waals surface area contributed by atoms with E-state index in [1.165, 1.54) is 7.11 Å². The van der Waals surface area contributed by atoms with Crippen molar-refractivity contribution in [2.75, 3.05) is 25.5 Å². The number of methoxy groups -OCH3 is 1. The molecule has 284 valence electrons. The Labute approximate surface area is 313 Å². The van der Waals surface area contributed by atoms with E-state index in [0.29, 0.717) is 47.6 Å². The summed E-state index contributed by atoms with van der Waals surface area (Å²) in [4.78, 5) is 16.3. The van der Waals surface area contributed by atoms with Crippen LogP contribution in [0.3, 0.4) is 0 Å². The van der Waals surface area contributed by atoms with Gasteiger partial charge in [-0.25, -0.2) is 4.68 Å². The van der Waals surface area contributed by atoms with E-state index in [9.17, 15) is 15.0 Å². The van der Waals surface area contributed by atoms with Gasteiger partial charge < -0.3 is 25.6 Å². The lowest BCUT2D eigenvalue weighted by atomic mass is 9.43. The number of aliphatic hydroxyl groups is 2. The molecular weight excluding hydrogens is 676 g/mol. The molecule has 0 aliphatic heterocycles. The fraction of sp³-hybridized carbons (Fsp3) is 0.707. The molecule has 3 aromatic rings. The highest BCUT2D eigenvalue weighted by Crippen LogP contribution is 2.69. The monoisotopic (exact) mass is 734 g/mol. The molecule has 0 amide bonds. The van der Waals surface area contributed by atoms with Gasteiger partial charge in [0.2, 0.25) is 0 Å². The van der Waals surface area contributed by atoms with Gasteiger partial charge in [0.15, 0.2) is 0 Å². The summed E-state index contributed by atoms with van der Waals surface area (Å²) in [6, 6.07) is 8.10. The van der Waals surface area contributed by atoms with Gasteiger partial charge in [0.1, 0.15) is 0 Å². The van der Waals surface area contributed by atoms with Gasteiger partial charge in [-0.2, -0.15) is 0 Å². The molecule has 7 rings (SSSR count). The molecule has 3 unspecified atom stereocenters. The van der Waals surface area contributed by atoms with E-state index in [1.807, 2.05) is 30.5 Å². The van der Waals surface area contributed by atoms with E-state index in [4.69, 9.17) is 16.3 Å². The molecule has 0 saturated heterocycles. The predicted octanol–water partition coefficient (Wildman–Crippen LogP) is 7.19. The first kappa shape index (κ1) is 37.5. The van der Waals surface area contributed by atoms with Crippen LogP contribution in [0.5, 0.6) is 0 Å². The quantitative estimate of drug-likeness (QED) is 0.106. The minimum atomic E-state index is -0.393. The van der Waals surface area contributed by atoms with Crippen LogP contribution in [0.25, 0.3) is 10.9 Å². The maximum absolute atomic E-state index is 12.0. The molecule has 4 N–H and O–H groups in total. The number of anilines is 1. The number of ether oxygens (including phenoxy) is 1. The summed E-state index contributed by atoms with van der Waals surface area (Å²) in [6.07, 6.45) is 13.3. The van der Waals surface area contributed by atoms with Crippen LogP contribution in [-0.4, -0.2) is 68.6 Å². The van der Waals surface area contributed by atoms with Crippen LogP contribution in [0, 0.1) is 46.3 Å². The van der Waals surface area contributed by atoms with Crippen molar-refractivity contribution < 1.29 is 19.7 Å². The summed E-state index contributed by atoms with van der Waals surface area (Å²) in [7, 11) is 1.45. The van der Waals surface area contributed by atoms with Crippen LogP contribution in [0.15, 0.2) is 36.7 Å². The third-order valence-electron chi connectivity index (χ3n) is 14.6. The Morgan fingerprint density at radius 3 is 2.75 bits per heavy atom. The third-order valence-corrected chi connectivity index (χ3v) is 14.8. The Balaban J connectivity index is 0.894. The van der Waals surface area contributed by atoms with Crippen LogP contribution in [0.1, 0.15) is 103 Å². The number of aromatic nitrogens is 4. The van der Waals surface area contributed by atoms with Crippen molar-refractivity contribution in [3.8, 4) is 0 Å². The van der Waals surface area contributed by atoms with Gasteiger partial charge in [-0.3, -0.25) is 9.78 Å². The number of unbranched alkanes of at least 4 members (excludes halogenated alkanes) is 1. The molecular formula is C41H59ClN6O4. The lowest BCUT2D eigenvalue weighted by Crippen LogP contribution is -2.62. The summed E-state index contributed by atoms with van der Waals surface area (Å²) >= 11 is 6.13. The maximum Gasteiger partial charge on any atom is 0.305 e. The Morgan fingerprint density at radius 1 is 1.10 bits per heavy atom. The van der Waals surface area contributed by atoms with Gasteiger partial charge in [0, 0.05) is 41.8 Å². The Kier molecular flexibility index (Phi) is 11.2. The smallest absolute Gasteiger partial charge is 0.305 e. The van der Waals surface area contributed by atoms with Gasteiger partial charge in [-0.1, -0.05) is 37.6 Å². The minimum Gasteiger partial charge on any atom is -0.469 e. The number of esters is 1. The van der Waals surface area contributed by atoms with Crippen molar-refractivity contribution in [1.29, 1.82) is 0 Å². The summed E-state index contributed by atoms with van der Waals surface area (Å²) in [6.45, 7) is 9.48. The molecule has 1 aromatic carbocycles. The molecule has 4 fully saturated rings. The van der Waals surface area contributed by atoms with Crippen molar-refractivity contribution >= 4 is 34.2 Å². The lowest BCUT2D eigenvalue weighted by molar-refractivity contribution is -0.204. The number of benzene rings is 1. The molecule has 0 spiro atoms. The molecule has 11 heteroatoms. The van der Waals surface area contributed by atoms with E-state index in [2.05, 4.69) is 57.6 Å². The number of halogens is 1. The molecule has 10 nitrogen and oxygen atoms in total. The first-order valence-electron chi connectivity index (χ1n) is 19.9. The highest BCUT2D eigenvalue weighted by Gasteiger charge is 2.65. The van der Waals surface area contributed by atoms with E-state index in [-0.39, 0.29) is 34.9 Å². The fourth-order valence-corrected chi connectivity index (χ4v) is 11.8. The van der Waals surface area contributed by atoms with E-state index in [1.54, 1.807) is 0 Å². The molecule has 2 heterocycles. The number of nitrogens with one attached hydrogen (secondary N) is 2. The Morgan fingerprint density at radius 2 is 1.92 bits per heavy atom. The minimum absolute atomic E-state index is 0.0926. The highest BCUT2D eigenvalue weighted by atomic mass is 35.5. The van der Waals surface area contributed by atoms with Crippen LogP contribution in [0.2, 0.25) is 5.02 Å². The van der Waals surface area contributed by atoms with Crippen molar-refractivity contribution in [2.45, 2.75) is 116 Å².